The summed E-state index contributed by atoms with van der Waals surface area (Å²) >= 11 is 0. The Bertz CT molecular complexity index is 817. The van der Waals surface area contributed by atoms with Gasteiger partial charge in [-0.2, -0.15) is 0 Å². The van der Waals surface area contributed by atoms with Crippen LogP contribution in [-0.2, 0) is 4.74 Å². The minimum absolute atomic E-state index is 0.170. The number of likely N-dealkylation sites (tertiary alicyclic amines) is 1. The summed E-state index contributed by atoms with van der Waals surface area (Å²) < 4.78 is 5.80. The van der Waals surface area contributed by atoms with Gasteiger partial charge in [0.25, 0.3) is 11.5 Å². The number of amides is 1. The van der Waals surface area contributed by atoms with Gasteiger partial charge >= 0.3 is 0 Å². The Kier molecular flexibility index (Phi) is 4.45. The molecule has 0 aliphatic carbocycles. The minimum Gasteiger partial charge on any atom is -0.375 e. The van der Waals surface area contributed by atoms with Gasteiger partial charge in [0.15, 0.2) is 0 Å². The van der Waals surface area contributed by atoms with Gasteiger partial charge in [0, 0.05) is 30.6 Å². The van der Waals surface area contributed by atoms with E-state index in [1.165, 1.54) is 0 Å². The standard InChI is InChI=1S/C19H24N2O3/c1-4-24-19(3)9-11-21(12-10-19)18(23)16-13(2)14-7-5-6-8-15(14)20-17(16)22/h5-8H,4,9-12H2,1-3H3,(H,20,22). The van der Waals surface area contributed by atoms with Crippen molar-refractivity contribution in [3.63, 3.8) is 0 Å². The second-order valence-electron chi connectivity index (χ2n) is 6.67. The van der Waals surface area contributed by atoms with Crippen molar-refractivity contribution in [2.75, 3.05) is 19.7 Å². The summed E-state index contributed by atoms with van der Waals surface area (Å²) in [6.45, 7) is 7.82. The van der Waals surface area contributed by atoms with Crippen LogP contribution >= 0.6 is 0 Å². The highest BCUT2D eigenvalue weighted by Crippen LogP contribution is 2.27. The van der Waals surface area contributed by atoms with Crippen molar-refractivity contribution in [1.82, 2.24) is 9.88 Å². The molecule has 1 saturated heterocycles. The lowest BCUT2D eigenvalue weighted by molar-refractivity contribution is -0.0611. The molecule has 1 aliphatic heterocycles. The van der Waals surface area contributed by atoms with E-state index >= 15 is 0 Å². The number of piperidine rings is 1. The summed E-state index contributed by atoms with van der Waals surface area (Å²) in [6.07, 6.45) is 1.58. The molecular weight excluding hydrogens is 304 g/mol. The van der Waals surface area contributed by atoms with Crippen molar-refractivity contribution in [2.24, 2.45) is 0 Å². The number of ether oxygens (including phenoxy) is 1. The number of carbonyl (C=O) groups is 1. The highest BCUT2D eigenvalue weighted by atomic mass is 16.5. The minimum atomic E-state index is -0.311. The Morgan fingerprint density at radius 1 is 1.29 bits per heavy atom. The van der Waals surface area contributed by atoms with Gasteiger partial charge in [-0.05, 0) is 45.2 Å². The quantitative estimate of drug-likeness (QED) is 0.942. The van der Waals surface area contributed by atoms with Crippen LogP contribution in [0.3, 0.4) is 0 Å². The van der Waals surface area contributed by atoms with Crippen LogP contribution in [0.4, 0.5) is 0 Å². The average molecular weight is 328 g/mol. The number of H-pyrrole nitrogens is 1. The highest BCUT2D eigenvalue weighted by Gasteiger charge is 2.33. The van der Waals surface area contributed by atoms with Crippen LogP contribution in [0.1, 0.15) is 42.6 Å². The van der Waals surface area contributed by atoms with Crippen molar-refractivity contribution in [3.8, 4) is 0 Å². The zero-order chi connectivity index (χ0) is 17.3. The number of aromatic amines is 1. The van der Waals surface area contributed by atoms with E-state index in [1.807, 2.05) is 38.1 Å². The van der Waals surface area contributed by atoms with E-state index in [4.69, 9.17) is 4.74 Å². The lowest BCUT2D eigenvalue weighted by Gasteiger charge is -2.39. The molecule has 1 N–H and O–H groups in total. The van der Waals surface area contributed by atoms with Crippen LogP contribution in [0.15, 0.2) is 29.1 Å². The number of hydrogen-bond acceptors (Lipinski definition) is 3. The molecule has 0 saturated carbocycles. The molecule has 0 bridgehead atoms. The van der Waals surface area contributed by atoms with E-state index in [2.05, 4.69) is 11.9 Å². The van der Waals surface area contributed by atoms with Crippen LogP contribution in [0, 0.1) is 6.92 Å². The molecule has 0 unspecified atom stereocenters. The maximum Gasteiger partial charge on any atom is 0.261 e. The number of nitrogens with zero attached hydrogens (tertiary/aromatic N) is 1. The first kappa shape index (κ1) is 16.7. The van der Waals surface area contributed by atoms with Crippen molar-refractivity contribution in [3.05, 3.63) is 45.7 Å². The molecule has 1 fully saturated rings. The average Bonchev–Trinajstić information content (AvgIpc) is 2.55. The van der Waals surface area contributed by atoms with Gasteiger partial charge in [-0.1, -0.05) is 18.2 Å². The number of hydrogen-bond donors (Lipinski definition) is 1. The molecule has 24 heavy (non-hydrogen) atoms. The fourth-order valence-corrected chi connectivity index (χ4v) is 3.50. The second-order valence-corrected chi connectivity index (χ2v) is 6.67. The molecule has 0 spiro atoms. The summed E-state index contributed by atoms with van der Waals surface area (Å²) in [7, 11) is 0. The Morgan fingerprint density at radius 3 is 2.62 bits per heavy atom. The fraction of sp³-hybridized carbons (Fsp3) is 0.474. The number of pyridine rings is 1. The lowest BCUT2D eigenvalue weighted by Crippen LogP contribution is -2.47. The number of aryl methyl sites for hydroxylation is 1. The van der Waals surface area contributed by atoms with Crippen molar-refractivity contribution >= 4 is 16.8 Å². The molecule has 1 aromatic carbocycles. The van der Waals surface area contributed by atoms with E-state index in [-0.39, 0.29) is 22.6 Å². The summed E-state index contributed by atoms with van der Waals surface area (Å²) in [6, 6.07) is 7.57. The zero-order valence-corrected chi connectivity index (χ0v) is 14.5. The predicted octanol–water partition coefficient (Wildman–Crippen LogP) is 2.87. The van der Waals surface area contributed by atoms with Gasteiger partial charge in [0.05, 0.1) is 5.60 Å². The largest absolute Gasteiger partial charge is 0.375 e. The second kappa shape index (κ2) is 6.40. The normalized spacial score (nSPS) is 17.2. The number of fused-ring (bicyclic) bond motifs is 1. The topological polar surface area (TPSA) is 62.4 Å². The Labute approximate surface area is 141 Å². The van der Waals surface area contributed by atoms with Gasteiger partial charge < -0.3 is 14.6 Å². The smallest absolute Gasteiger partial charge is 0.261 e. The van der Waals surface area contributed by atoms with E-state index in [0.717, 1.165) is 29.3 Å². The SMILES string of the molecule is CCOC1(C)CCN(C(=O)c2c(C)c3ccccc3[nH]c2=O)CC1. The highest BCUT2D eigenvalue weighted by molar-refractivity contribution is 5.99. The van der Waals surface area contributed by atoms with Crippen molar-refractivity contribution < 1.29 is 9.53 Å². The third-order valence-electron chi connectivity index (χ3n) is 5.00. The van der Waals surface area contributed by atoms with Gasteiger partial charge in [-0.15, -0.1) is 0 Å². The summed E-state index contributed by atoms with van der Waals surface area (Å²) in [5, 5.41) is 0.914. The molecule has 1 aromatic heterocycles. The first-order chi connectivity index (χ1) is 11.4. The van der Waals surface area contributed by atoms with E-state index in [9.17, 15) is 9.59 Å². The Morgan fingerprint density at radius 2 is 1.96 bits per heavy atom. The predicted molar refractivity (Wildman–Crippen MR) is 94.5 cm³/mol. The maximum atomic E-state index is 12.9. The molecule has 5 nitrogen and oxygen atoms in total. The number of nitrogens with one attached hydrogen (secondary N) is 1. The maximum absolute atomic E-state index is 12.9. The summed E-state index contributed by atoms with van der Waals surface area (Å²) in [5.74, 6) is -0.182. The third-order valence-corrected chi connectivity index (χ3v) is 5.00. The van der Waals surface area contributed by atoms with Crippen LogP contribution in [0.2, 0.25) is 0 Å². The van der Waals surface area contributed by atoms with E-state index in [0.29, 0.717) is 19.7 Å². The van der Waals surface area contributed by atoms with Crippen LogP contribution in [0.25, 0.3) is 10.9 Å². The number of benzene rings is 1. The molecular formula is C19H24N2O3. The van der Waals surface area contributed by atoms with E-state index < -0.39 is 0 Å². The van der Waals surface area contributed by atoms with Crippen molar-refractivity contribution in [2.45, 2.75) is 39.2 Å². The van der Waals surface area contributed by atoms with Crippen molar-refractivity contribution in [1.29, 1.82) is 0 Å². The molecule has 0 atom stereocenters. The van der Waals surface area contributed by atoms with Gasteiger partial charge in [-0.3, -0.25) is 9.59 Å². The van der Waals surface area contributed by atoms with Gasteiger partial charge in [0.1, 0.15) is 5.56 Å². The fourth-order valence-electron chi connectivity index (χ4n) is 3.50. The number of para-hydroxylation sites is 1. The number of aromatic nitrogens is 1. The molecule has 1 aliphatic rings. The van der Waals surface area contributed by atoms with E-state index in [1.54, 1.807) is 4.90 Å². The Balaban J connectivity index is 1.89. The first-order valence-electron chi connectivity index (χ1n) is 8.50. The Hall–Kier alpha value is -2.14. The number of carbonyl (C=O) groups excluding carboxylic acids is 1. The molecule has 128 valence electrons. The molecule has 0 radical (unpaired) electrons. The first-order valence-corrected chi connectivity index (χ1v) is 8.50. The van der Waals surface area contributed by atoms with Crippen LogP contribution in [0.5, 0.6) is 0 Å². The summed E-state index contributed by atoms with van der Waals surface area (Å²) in [4.78, 5) is 30.0. The zero-order valence-electron chi connectivity index (χ0n) is 14.5. The van der Waals surface area contributed by atoms with Crippen LogP contribution in [-0.4, -0.2) is 41.1 Å². The van der Waals surface area contributed by atoms with Gasteiger partial charge in [-0.25, -0.2) is 0 Å². The molecule has 2 heterocycles. The third kappa shape index (κ3) is 2.96. The van der Waals surface area contributed by atoms with Crippen LogP contribution < -0.4 is 5.56 Å². The molecule has 1 amide bonds. The van der Waals surface area contributed by atoms with Gasteiger partial charge in [0.2, 0.25) is 0 Å². The molecule has 3 rings (SSSR count). The summed E-state index contributed by atoms with van der Waals surface area (Å²) in [5.41, 5.74) is 1.29. The monoisotopic (exact) mass is 328 g/mol. The lowest BCUT2D eigenvalue weighted by atomic mass is 9.92. The molecule has 5 heteroatoms. The molecule has 2 aromatic rings. The number of rotatable bonds is 3.